The highest BCUT2D eigenvalue weighted by Crippen LogP contribution is 2.23. The lowest BCUT2D eigenvalue weighted by Gasteiger charge is -2.32. The van der Waals surface area contributed by atoms with Crippen molar-refractivity contribution in [1.29, 1.82) is 0 Å². The Kier molecular flexibility index (Phi) is 11.5. The minimum absolute atomic E-state index is 0.106. The molecule has 220 valence electrons. The summed E-state index contributed by atoms with van der Waals surface area (Å²) in [5, 5.41) is 2.99. The number of rotatable bonds is 14. The van der Waals surface area contributed by atoms with Gasteiger partial charge in [-0.1, -0.05) is 67.6 Å². The van der Waals surface area contributed by atoms with Crippen molar-refractivity contribution in [1.82, 2.24) is 10.2 Å². The van der Waals surface area contributed by atoms with Gasteiger partial charge in [0.05, 0.1) is 11.9 Å². The molecular weight excluding hydrogens is 534 g/mol. The summed E-state index contributed by atoms with van der Waals surface area (Å²) in [6, 6.07) is 22.4. The molecule has 8 heteroatoms. The normalized spacial score (nSPS) is 12.0. The number of sulfonamides is 1. The van der Waals surface area contributed by atoms with Gasteiger partial charge in [0.1, 0.15) is 6.04 Å². The molecule has 41 heavy (non-hydrogen) atoms. The number of nitrogens with zero attached hydrogens (tertiary/aromatic N) is 2. The molecule has 0 radical (unpaired) electrons. The van der Waals surface area contributed by atoms with E-state index in [9.17, 15) is 18.0 Å². The Hall–Kier alpha value is -3.65. The first kappa shape index (κ1) is 31.9. The van der Waals surface area contributed by atoms with Crippen LogP contribution < -0.4 is 9.62 Å². The minimum Gasteiger partial charge on any atom is -0.354 e. The van der Waals surface area contributed by atoms with Crippen LogP contribution in [0.2, 0.25) is 0 Å². The molecule has 7 nitrogen and oxygen atoms in total. The molecule has 0 saturated carbocycles. The van der Waals surface area contributed by atoms with Crippen LogP contribution in [-0.4, -0.2) is 50.5 Å². The van der Waals surface area contributed by atoms with E-state index in [2.05, 4.69) is 5.32 Å². The van der Waals surface area contributed by atoms with Gasteiger partial charge in [-0.05, 0) is 73.6 Å². The van der Waals surface area contributed by atoms with Crippen molar-refractivity contribution in [3.05, 3.63) is 101 Å². The number of benzene rings is 3. The Morgan fingerprint density at radius 3 is 2.20 bits per heavy atom. The van der Waals surface area contributed by atoms with Gasteiger partial charge in [0.25, 0.3) is 0 Å². The summed E-state index contributed by atoms with van der Waals surface area (Å²) in [6.45, 7) is 8.89. The first-order valence-electron chi connectivity index (χ1n) is 14.2. The average Bonchev–Trinajstić information content (AvgIpc) is 2.94. The molecule has 0 unspecified atom stereocenters. The summed E-state index contributed by atoms with van der Waals surface area (Å²) in [5.74, 6) is -0.375. The lowest BCUT2D eigenvalue weighted by Crippen LogP contribution is -2.50. The number of aryl methyl sites for hydroxylation is 3. The van der Waals surface area contributed by atoms with Crippen molar-refractivity contribution in [2.45, 2.75) is 66.0 Å². The van der Waals surface area contributed by atoms with Crippen LogP contribution in [0.5, 0.6) is 0 Å². The Morgan fingerprint density at radius 2 is 1.56 bits per heavy atom. The summed E-state index contributed by atoms with van der Waals surface area (Å²) < 4.78 is 26.7. The maximum absolute atomic E-state index is 13.9. The fraction of sp³-hybridized carbons (Fsp3) is 0.394. The number of hydrogen-bond donors (Lipinski definition) is 1. The zero-order valence-electron chi connectivity index (χ0n) is 24.9. The quantitative estimate of drug-likeness (QED) is 0.281. The monoisotopic (exact) mass is 577 g/mol. The fourth-order valence-electron chi connectivity index (χ4n) is 4.78. The molecule has 0 aliphatic rings. The van der Waals surface area contributed by atoms with Crippen LogP contribution in [0.3, 0.4) is 0 Å². The molecule has 0 aliphatic heterocycles. The predicted molar refractivity (Wildman–Crippen MR) is 166 cm³/mol. The Balaban J connectivity index is 1.88. The molecule has 2 amide bonds. The standard InChI is InChI=1S/C33H43N3O4S/c1-6-20-34-33(38)31(23-28-14-8-7-9-15-28)35(24-29-16-11-10-13-26(29)3)32(37)17-12-21-36(41(5,39)40)30-19-18-25(2)27(4)22-30/h7-11,13-16,18-19,22,31H,6,12,17,20-21,23-24H2,1-5H3,(H,34,38)/t31-/m1/s1. The van der Waals surface area contributed by atoms with Gasteiger partial charge < -0.3 is 10.2 Å². The second-order valence-corrected chi connectivity index (χ2v) is 12.6. The van der Waals surface area contributed by atoms with Crippen LogP contribution in [0.15, 0.2) is 72.8 Å². The van der Waals surface area contributed by atoms with Crippen LogP contribution >= 0.6 is 0 Å². The van der Waals surface area contributed by atoms with Crippen molar-refractivity contribution in [2.24, 2.45) is 0 Å². The summed E-state index contributed by atoms with van der Waals surface area (Å²) in [7, 11) is -3.56. The van der Waals surface area contributed by atoms with Gasteiger partial charge >= 0.3 is 0 Å². The van der Waals surface area contributed by atoms with E-state index in [0.717, 1.165) is 34.2 Å². The summed E-state index contributed by atoms with van der Waals surface area (Å²) in [4.78, 5) is 29.1. The third-order valence-corrected chi connectivity index (χ3v) is 8.55. The van der Waals surface area contributed by atoms with Crippen molar-refractivity contribution in [2.75, 3.05) is 23.7 Å². The molecule has 1 atom stereocenters. The third-order valence-electron chi connectivity index (χ3n) is 7.35. The van der Waals surface area contributed by atoms with E-state index in [1.165, 1.54) is 10.6 Å². The highest BCUT2D eigenvalue weighted by Gasteiger charge is 2.30. The molecule has 0 bridgehead atoms. The van der Waals surface area contributed by atoms with Crippen LogP contribution in [0.25, 0.3) is 0 Å². The molecule has 0 aliphatic carbocycles. The van der Waals surface area contributed by atoms with E-state index in [4.69, 9.17) is 0 Å². The lowest BCUT2D eigenvalue weighted by molar-refractivity contribution is -0.141. The topological polar surface area (TPSA) is 86.8 Å². The van der Waals surface area contributed by atoms with Gasteiger partial charge in [-0.3, -0.25) is 13.9 Å². The number of amides is 2. The number of carbonyl (C=O) groups excluding carboxylic acids is 2. The first-order chi connectivity index (χ1) is 19.5. The van der Waals surface area contributed by atoms with Gasteiger partial charge in [0.15, 0.2) is 0 Å². The van der Waals surface area contributed by atoms with Crippen LogP contribution in [-0.2, 0) is 32.6 Å². The van der Waals surface area contributed by atoms with Gasteiger partial charge in [-0.25, -0.2) is 8.42 Å². The zero-order chi connectivity index (χ0) is 30.0. The number of hydrogen-bond acceptors (Lipinski definition) is 4. The number of carbonyl (C=O) groups is 2. The molecule has 0 spiro atoms. The van der Waals surface area contributed by atoms with Crippen molar-refractivity contribution in [3.8, 4) is 0 Å². The number of anilines is 1. The molecule has 1 N–H and O–H groups in total. The third kappa shape index (κ3) is 9.18. The van der Waals surface area contributed by atoms with Gasteiger partial charge in [0, 0.05) is 32.5 Å². The summed E-state index contributed by atoms with van der Waals surface area (Å²) >= 11 is 0. The van der Waals surface area contributed by atoms with Crippen molar-refractivity contribution < 1.29 is 18.0 Å². The highest BCUT2D eigenvalue weighted by molar-refractivity contribution is 7.92. The molecule has 3 aromatic rings. The van der Waals surface area contributed by atoms with E-state index in [0.29, 0.717) is 25.1 Å². The summed E-state index contributed by atoms with van der Waals surface area (Å²) in [5.41, 5.74) is 5.63. The van der Waals surface area contributed by atoms with Gasteiger partial charge in [-0.2, -0.15) is 0 Å². The van der Waals surface area contributed by atoms with E-state index in [-0.39, 0.29) is 31.3 Å². The Labute approximate surface area is 245 Å². The molecule has 0 heterocycles. The second kappa shape index (κ2) is 14.8. The Bertz CT molecular complexity index is 1420. The zero-order valence-corrected chi connectivity index (χ0v) is 25.7. The van der Waals surface area contributed by atoms with Crippen LogP contribution in [0, 0.1) is 20.8 Å². The predicted octanol–water partition coefficient (Wildman–Crippen LogP) is 5.32. The summed E-state index contributed by atoms with van der Waals surface area (Å²) in [6.07, 6.45) is 2.77. The maximum atomic E-state index is 13.9. The second-order valence-electron chi connectivity index (χ2n) is 10.7. The van der Waals surface area contributed by atoms with E-state index in [1.807, 2.05) is 94.4 Å². The van der Waals surface area contributed by atoms with Gasteiger partial charge in [0.2, 0.25) is 21.8 Å². The molecule has 3 rings (SSSR count). The van der Waals surface area contributed by atoms with E-state index in [1.54, 1.807) is 11.0 Å². The largest absolute Gasteiger partial charge is 0.354 e. The smallest absolute Gasteiger partial charge is 0.243 e. The molecule has 0 fully saturated rings. The van der Waals surface area contributed by atoms with E-state index >= 15 is 0 Å². The van der Waals surface area contributed by atoms with E-state index < -0.39 is 16.1 Å². The maximum Gasteiger partial charge on any atom is 0.243 e. The van der Waals surface area contributed by atoms with Gasteiger partial charge in [-0.15, -0.1) is 0 Å². The Morgan fingerprint density at radius 1 is 0.878 bits per heavy atom. The molecule has 3 aromatic carbocycles. The lowest BCUT2D eigenvalue weighted by atomic mass is 10.0. The first-order valence-corrected chi connectivity index (χ1v) is 16.1. The number of nitrogens with one attached hydrogen (secondary N) is 1. The fourth-order valence-corrected chi connectivity index (χ4v) is 5.73. The van der Waals surface area contributed by atoms with Crippen LogP contribution in [0.1, 0.15) is 54.0 Å². The molecular formula is C33H43N3O4S. The molecule has 0 saturated heterocycles. The van der Waals surface area contributed by atoms with Crippen molar-refractivity contribution >= 4 is 27.5 Å². The van der Waals surface area contributed by atoms with Crippen molar-refractivity contribution in [3.63, 3.8) is 0 Å². The molecule has 0 aromatic heterocycles. The SMILES string of the molecule is CCCNC(=O)[C@@H](Cc1ccccc1)N(Cc1ccccc1C)C(=O)CCCN(c1ccc(C)c(C)c1)S(C)(=O)=O. The minimum atomic E-state index is -3.56. The van der Waals surface area contributed by atoms with Crippen LogP contribution in [0.4, 0.5) is 5.69 Å². The highest BCUT2D eigenvalue weighted by atomic mass is 32.2. The average molecular weight is 578 g/mol.